The minimum Gasteiger partial charge on any atom is -0.465 e. The summed E-state index contributed by atoms with van der Waals surface area (Å²) in [4.78, 5) is 13.6. The summed E-state index contributed by atoms with van der Waals surface area (Å²) < 4.78 is 20.1. The van der Waals surface area contributed by atoms with Gasteiger partial charge in [-0.25, -0.2) is 9.37 Å². The third-order valence-electron chi connectivity index (χ3n) is 6.01. The molecule has 2 fully saturated rings. The molecule has 2 saturated heterocycles. The Morgan fingerprint density at radius 1 is 1.29 bits per heavy atom. The molecule has 0 aromatic carbocycles. The molecule has 2 unspecified atom stereocenters. The number of aryl methyl sites for hydroxylation is 1. The zero-order valence-electron chi connectivity index (χ0n) is 18.5. The summed E-state index contributed by atoms with van der Waals surface area (Å²) in [6, 6.07) is 7.52. The van der Waals surface area contributed by atoms with Crippen molar-refractivity contribution >= 4 is 11.8 Å². The summed E-state index contributed by atoms with van der Waals surface area (Å²) in [6.45, 7) is 9.09. The highest BCUT2D eigenvalue weighted by molar-refractivity contribution is 5.80. The van der Waals surface area contributed by atoms with Crippen molar-refractivity contribution in [3.8, 4) is 0 Å². The van der Waals surface area contributed by atoms with Gasteiger partial charge in [-0.1, -0.05) is 0 Å². The normalized spacial score (nSPS) is 20.9. The van der Waals surface area contributed by atoms with E-state index < -0.39 is 0 Å². The Morgan fingerprint density at radius 2 is 2.13 bits per heavy atom. The Hall–Kier alpha value is -2.61. The van der Waals surface area contributed by atoms with Gasteiger partial charge in [-0.15, -0.1) is 0 Å². The van der Waals surface area contributed by atoms with Crippen LogP contribution in [-0.4, -0.2) is 61.2 Å². The van der Waals surface area contributed by atoms with Crippen molar-refractivity contribution in [3.05, 3.63) is 47.8 Å². The fraction of sp³-hybridized carbons (Fsp3) is 0.565. The molecule has 2 aliphatic rings. The molecule has 2 aliphatic heterocycles. The molecule has 0 radical (unpaired) electrons. The first-order chi connectivity index (χ1) is 15.1. The molecule has 8 heteroatoms. The number of furan rings is 1. The number of rotatable bonds is 7. The van der Waals surface area contributed by atoms with Crippen molar-refractivity contribution in [2.24, 2.45) is 4.99 Å². The molecule has 168 valence electrons. The van der Waals surface area contributed by atoms with E-state index in [1.54, 1.807) is 12.3 Å². The van der Waals surface area contributed by atoms with Gasteiger partial charge in [-0.05, 0) is 70.5 Å². The molecule has 2 aromatic heterocycles. The van der Waals surface area contributed by atoms with Crippen LogP contribution in [0.1, 0.15) is 43.7 Å². The zero-order chi connectivity index (χ0) is 21.6. The van der Waals surface area contributed by atoms with E-state index in [2.05, 4.69) is 33.5 Å². The van der Waals surface area contributed by atoms with Crippen LogP contribution in [0.15, 0.2) is 39.9 Å². The molecule has 0 amide bonds. The number of aromatic nitrogens is 1. The number of hydrogen-bond acceptors (Lipinski definition) is 5. The SMILES string of the molecule is CCNC(=NCC(c1ccc(C)o1)N1CCCC1)NC1CCN(c2ncccc2F)C1. The maximum absolute atomic E-state index is 14.1. The van der Waals surface area contributed by atoms with Crippen LogP contribution in [0.3, 0.4) is 0 Å². The number of halogens is 1. The van der Waals surface area contributed by atoms with Crippen molar-refractivity contribution in [3.63, 3.8) is 0 Å². The summed E-state index contributed by atoms with van der Waals surface area (Å²) in [6.07, 6.45) is 4.99. The second kappa shape index (κ2) is 10.1. The number of nitrogens with one attached hydrogen (secondary N) is 2. The first-order valence-corrected chi connectivity index (χ1v) is 11.3. The summed E-state index contributed by atoms with van der Waals surface area (Å²) in [5.41, 5.74) is 0. The Kier molecular flexibility index (Phi) is 7.06. The van der Waals surface area contributed by atoms with Crippen LogP contribution in [0, 0.1) is 12.7 Å². The third kappa shape index (κ3) is 5.36. The van der Waals surface area contributed by atoms with Gasteiger partial charge in [-0.2, -0.15) is 0 Å². The quantitative estimate of drug-likeness (QED) is 0.522. The van der Waals surface area contributed by atoms with Crippen molar-refractivity contribution in [2.75, 3.05) is 44.2 Å². The van der Waals surface area contributed by atoms with Crippen LogP contribution >= 0.6 is 0 Å². The molecule has 31 heavy (non-hydrogen) atoms. The monoisotopic (exact) mass is 428 g/mol. The van der Waals surface area contributed by atoms with Crippen molar-refractivity contribution in [2.45, 2.75) is 45.2 Å². The number of hydrogen-bond donors (Lipinski definition) is 2. The summed E-state index contributed by atoms with van der Waals surface area (Å²) in [5.74, 6) is 2.86. The van der Waals surface area contributed by atoms with Crippen molar-refractivity contribution in [1.29, 1.82) is 0 Å². The van der Waals surface area contributed by atoms with Gasteiger partial charge in [0.2, 0.25) is 0 Å². The average Bonchev–Trinajstić information content (AvgIpc) is 3.52. The molecule has 2 atom stereocenters. The van der Waals surface area contributed by atoms with Crippen LogP contribution in [0.4, 0.5) is 10.2 Å². The zero-order valence-corrected chi connectivity index (χ0v) is 18.5. The smallest absolute Gasteiger partial charge is 0.191 e. The Morgan fingerprint density at radius 3 is 2.84 bits per heavy atom. The molecule has 0 saturated carbocycles. The molecule has 4 heterocycles. The molecule has 0 aliphatic carbocycles. The van der Waals surface area contributed by atoms with E-state index in [-0.39, 0.29) is 17.9 Å². The van der Waals surface area contributed by atoms with E-state index in [1.807, 2.05) is 17.9 Å². The van der Waals surface area contributed by atoms with Gasteiger partial charge in [0.1, 0.15) is 11.5 Å². The van der Waals surface area contributed by atoms with Crippen molar-refractivity contribution < 1.29 is 8.81 Å². The fourth-order valence-corrected chi connectivity index (χ4v) is 4.44. The molecular weight excluding hydrogens is 395 g/mol. The lowest BCUT2D eigenvalue weighted by Crippen LogP contribution is -2.45. The maximum Gasteiger partial charge on any atom is 0.191 e. The maximum atomic E-state index is 14.1. The largest absolute Gasteiger partial charge is 0.465 e. The number of likely N-dealkylation sites (tertiary alicyclic amines) is 1. The van der Waals surface area contributed by atoms with Crippen LogP contribution in [0.5, 0.6) is 0 Å². The Bertz CT molecular complexity index is 878. The van der Waals surface area contributed by atoms with Gasteiger partial charge < -0.3 is 20.0 Å². The molecule has 2 N–H and O–H groups in total. The molecule has 0 spiro atoms. The molecular formula is C23H33FN6O. The highest BCUT2D eigenvalue weighted by Gasteiger charge is 2.28. The molecule has 7 nitrogen and oxygen atoms in total. The highest BCUT2D eigenvalue weighted by atomic mass is 19.1. The standard InChI is InChI=1S/C23H33FN6O/c1-3-25-23(28-18-10-14-30(16-18)22-19(24)7-6-11-26-22)27-15-20(29-12-4-5-13-29)21-9-8-17(2)31-21/h6-9,11,18,20H,3-5,10,12-16H2,1-2H3,(H2,25,27,28). The summed E-state index contributed by atoms with van der Waals surface area (Å²) in [7, 11) is 0. The van der Waals surface area contributed by atoms with Gasteiger partial charge in [0.25, 0.3) is 0 Å². The first-order valence-electron chi connectivity index (χ1n) is 11.3. The number of anilines is 1. The van der Waals surface area contributed by atoms with Crippen LogP contribution in [0.25, 0.3) is 0 Å². The first kappa shape index (κ1) is 21.6. The summed E-state index contributed by atoms with van der Waals surface area (Å²) >= 11 is 0. The predicted octanol–water partition coefficient (Wildman–Crippen LogP) is 3.09. The predicted molar refractivity (Wildman–Crippen MR) is 121 cm³/mol. The highest BCUT2D eigenvalue weighted by Crippen LogP contribution is 2.27. The van der Waals surface area contributed by atoms with Crippen molar-refractivity contribution in [1.82, 2.24) is 20.5 Å². The van der Waals surface area contributed by atoms with E-state index >= 15 is 0 Å². The molecule has 0 bridgehead atoms. The lowest BCUT2D eigenvalue weighted by atomic mass is 10.2. The second-order valence-electron chi connectivity index (χ2n) is 8.31. The van der Waals surface area contributed by atoms with Gasteiger partial charge in [0.05, 0.1) is 12.6 Å². The van der Waals surface area contributed by atoms with Crippen LogP contribution < -0.4 is 15.5 Å². The average molecular weight is 429 g/mol. The second-order valence-corrected chi connectivity index (χ2v) is 8.31. The minimum atomic E-state index is -0.272. The topological polar surface area (TPSA) is 68.9 Å². The van der Waals surface area contributed by atoms with E-state index in [1.165, 1.54) is 18.9 Å². The summed E-state index contributed by atoms with van der Waals surface area (Å²) in [5, 5.41) is 6.90. The third-order valence-corrected chi connectivity index (χ3v) is 6.01. The Balaban J connectivity index is 1.42. The van der Waals surface area contributed by atoms with Gasteiger partial charge in [0.15, 0.2) is 17.6 Å². The lowest BCUT2D eigenvalue weighted by Gasteiger charge is -2.25. The van der Waals surface area contributed by atoms with E-state index in [9.17, 15) is 4.39 Å². The fourth-order valence-electron chi connectivity index (χ4n) is 4.44. The number of aliphatic imine (C=N–C) groups is 1. The lowest BCUT2D eigenvalue weighted by molar-refractivity contribution is 0.219. The van der Waals surface area contributed by atoms with E-state index in [0.29, 0.717) is 18.9 Å². The van der Waals surface area contributed by atoms with Gasteiger partial charge in [0, 0.05) is 31.9 Å². The van der Waals surface area contributed by atoms with E-state index in [4.69, 9.17) is 9.41 Å². The van der Waals surface area contributed by atoms with E-state index in [0.717, 1.165) is 50.1 Å². The number of pyridine rings is 1. The number of nitrogens with zero attached hydrogens (tertiary/aromatic N) is 4. The Labute approximate surface area is 183 Å². The van der Waals surface area contributed by atoms with Crippen LogP contribution in [-0.2, 0) is 0 Å². The minimum absolute atomic E-state index is 0.148. The van der Waals surface area contributed by atoms with Crippen LogP contribution in [0.2, 0.25) is 0 Å². The molecule has 2 aromatic rings. The molecule has 4 rings (SSSR count). The van der Waals surface area contributed by atoms with Gasteiger partial charge in [-0.3, -0.25) is 9.89 Å². The number of guanidine groups is 1. The van der Waals surface area contributed by atoms with Gasteiger partial charge >= 0.3 is 0 Å².